The van der Waals surface area contributed by atoms with Crippen molar-refractivity contribution in [2.75, 3.05) is 42.2 Å². The van der Waals surface area contributed by atoms with Crippen LogP contribution in [0.2, 0.25) is 0 Å². The predicted octanol–water partition coefficient (Wildman–Crippen LogP) is 9.73. The van der Waals surface area contributed by atoms with Crippen LogP contribution in [0, 0.1) is 41.5 Å². The van der Waals surface area contributed by atoms with Crippen LogP contribution in [0.25, 0.3) is 6.08 Å². The molecule has 0 fully saturated rings. The molecule has 38 heteroatoms. The molecular formula is C73H80BF6NNaO26S3. The number of ether oxygens (including phenoxy) is 6. The Bertz CT molecular complexity index is 4690. The van der Waals surface area contributed by atoms with Gasteiger partial charge in [-0.15, -0.1) is 6.58 Å². The number of aldehydes is 2. The van der Waals surface area contributed by atoms with Gasteiger partial charge >= 0.3 is 90.7 Å². The molecule has 5 N–H and O–H groups in total. The van der Waals surface area contributed by atoms with Gasteiger partial charge in [0.05, 0.1) is 98.9 Å². The Labute approximate surface area is 662 Å². The molecular weight excluding hydrogens is 1550 g/mol. The Balaban J connectivity index is -0.00000124. The van der Waals surface area contributed by atoms with Crippen LogP contribution in [0.5, 0.6) is 28.7 Å². The zero-order chi connectivity index (χ0) is 83.4. The first kappa shape index (κ1) is 103. The minimum absolute atomic E-state index is 0. The number of allylic oxidation sites excluding steroid dienone is 3. The summed E-state index contributed by atoms with van der Waals surface area (Å²) in [4.78, 5) is 81.6. The third-order valence-corrected chi connectivity index (χ3v) is 17.0. The number of pyridine rings is 1. The number of aromatic nitrogens is 1. The molecule has 0 amide bonds. The summed E-state index contributed by atoms with van der Waals surface area (Å²) in [6, 6.07) is 25.5. The number of nitrogens with zero attached hydrogens (tertiary/aromatic N) is 1. The maximum absolute atomic E-state index is 12.3. The molecule has 111 heavy (non-hydrogen) atoms. The van der Waals surface area contributed by atoms with Gasteiger partial charge in [0.1, 0.15) is 17.2 Å². The molecule has 3 radical (unpaired) electrons. The van der Waals surface area contributed by atoms with Crippen molar-refractivity contribution in [3.63, 3.8) is 0 Å². The van der Waals surface area contributed by atoms with E-state index in [1.54, 1.807) is 88.0 Å². The SMILES string of the molecule is C1=COCCC1.C=CCc1ccc(C(=O)OC)c(C)c1O.CC=Cc1ccc(C(=O)OC)c(C)c1O.COC(=O)c1ccc(C=O)c(O)c1C.COC(=O)c1ccc(C=O)c(OS(=O)(=O)C(F)(F)F)c1C.COC(=O)c1ccc(CO)c(OS(=O)(=O)C(F)(F)F)c1C.Cc1ccc(S(=O)(=O)O)cc1.[B].[H-].[Na+].c1ccncc1. The molecule has 7 aromatic rings. The van der Waals surface area contributed by atoms with Crippen molar-refractivity contribution in [2.45, 2.75) is 90.2 Å². The Hall–Kier alpha value is -10.4. The number of benzene rings is 6. The number of aliphatic hydroxyl groups is 1. The van der Waals surface area contributed by atoms with Gasteiger partial charge in [-0.25, -0.2) is 24.0 Å². The molecule has 1 aliphatic heterocycles. The number of aliphatic hydroxyl groups excluding tert-OH is 1. The fourth-order valence-electron chi connectivity index (χ4n) is 8.31. The number of carbonyl (C=O) groups is 7. The molecule has 8 rings (SSSR count). The average Bonchev–Trinajstić information content (AvgIpc) is 0.790. The Kier molecular flexibility index (Phi) is 45.3. The molecule has 0 aliphatic carbocycles. The van der Waals surface area contributed by atoms with Crippen LogP contribution in [0.3, 0.4) is 0 Å². The van der Waals surface area contributed by atoms with Crippen molar-refractivity contribution in [1.82, 2.24) is 4.98 Å². The third-order valence-electron chi connectivity index (χ3n) is 14.2. The van der Waals surface area contributed by atoms with Gasteiger partial charge < -0.3 is 58.6 Å². The van der Waals surface area contributed by atoms with Crippen LogP contribution in [0.4, 0.5) is 26.3 Å². The van der Waals surface area contributed by atoms with Crippen molar-refractivity contribution >= 4 is 87.3 Å². The summed E-state index contributed by atoms with van der Waals surface area (Å²) in [7, 11) is -9.93. The molecule has 0 saturated heterocycles. The summed E-state index contributed by atoms with van der Waals surface area (Å²) in [5.41, 5.74) is -7.78. The molecule has 2 heterocycles. The Morgan fingerprint density at radius 1 is 0.541 bits per heavy atom. The molecule has 1 aromatic heterocycles. The second-order valence-corrected chi connectivity index (χ2v) is 26.0. The number of phenolic OH excluding ortho intramolecular Hbond substituents is 3. The first-order valence-electron chi connectivity index (χ1n) is 31.0. The largest absolute Gasteiger partial charge is 1.00 e. The van der Waals surface area contributed by atoms with Gasteiger partial charge in [-0.2, -0.15) is 51.6 Å². The van der Waals surface area contributed by atoms with E-state index < -0.39 is 94.9 Å². The summed E-state index contributed by atoms with van der Waals surface area (Å²) in [6.07, 6.45) is 16.2. The molecule has 0 atom stereocenters. The third kappa shape index (κ3) is 31.8. The monoisotopic (exact) mass is 1630 g/mol. The number of hydrogen-bond acceptors (Lipinski definition) is 26. The number of aromatic hydroxyl groups is 3. The van der Waals surface area contributed by atoms with E-state index >= 15 is 0 Å². The molecule has 0 unspecified atom stereocenters. The molecule has 6 aromatic carbocycles. The van der Waals surface area contributed by atoms with Crippen molar-refractivity contribution in [3.8, 4) is 28.7 Å². The standard InChI is InChI=1S/2C12H14O3.C11H11F3O6S.C11H9F3O6S.C10H10O4.C7H8O3S.C5H5N.C5H8O.B.Na.H/c2*1-4-5-9-6-7-10(12(14)15-3)8(2)11(9)13;2*1-6-8(10(16)19-2)4-3-7(5-15)9(6)20-21(17,18)11(12,13)14;1-6-8(10(13)14-2)4-3-7(5-11)9(6)12;1-6-2-4-7(5-3-6)11(8,9)10;2*1-2-4-6-5-3-1;;;/h4-7,13H,1-3H3;4,6-7,13H,1,5H2,2-3H3;3-4,15H,5H2,1-2H3;3-5H,1-2H3;3-5,12H,1-2H3;2-5H,1H3,(H,8,9,10);1-5H;2,4H,1,3,5H2;;;/q;;;;;;;;;+1;-1. The first-order valence-corrected chi connectivity index (χ1v) is 35.3. The maximum Gasteiger partial charge on any atom is 1.00 e. The average molecular weight is 1630 g/mol. The topological polar surface area (TPSA) is 410 Å². The van der Waals surface area contributed by atoms with E-state index in [-0.39, 0.29) is 107 Å². The molecule has 27 nitrogen and oxygen atoms in total. The normalized spacial score (nSPS) is 11.1. The van der Waals surface area contributed by atoms with E-state index in [4.69, 9.17) is 14.4 Å². The summed E-state index contributed by atoms with van der Waals surface area (Å²) in [6.45, 7) is 14.7. The van der Waals surface area contributed by atoms with Crippen molar-refractivity contribution < 1.29 is 178 Å². The van der Waals surface area contributed by atoms with E-state index in [9.17, 15) is 100 Å². The van der Waals surface area contributed by atoms with Crippen LogP contribution in [-0.2, 0) is 71.8 Å². The van der Waals surface area contributed by atoms with Gasteiger partial charge in [-0.1, -0.05) is 60.2 Å². The van der Waals surface area contributed by atoms with Gasteiger partial charge in [0, 0.05) is 59.8 Å². The van der Waals surface area contributed by atoms with E-state index in [2.05, 4.69) is 43.6 Å². The van der Waals surface area contributed by atoms with Gasteiger partial charge in [0.25, 0.3) is 10.1 Å². The second kappa shape index (κ2) is 49.0. The van der Waals surface area contributed by atoms with E-state index in [0.29, 0.717) is 46.1 Å². The number of phenols is 3. The fourth-order valence-corrected chi connectivity index (χ4v) is 9.87. The van der Waals surface area contributed by atoms with Crippen molar-refractivity contribution in [3.05, 3.63) is 236 Å². The summed E-state index contributed by atoms with van der Waals surface area (Å²) < 4.78 is 183. The number of methoxy groups -OCH3 is 5. The Morgan fingerprint density at radius 3 is 1.23 bits per heavy atom. The van der Waals surface area contributed by atoms with E-state index in [1.807, 2.05) is 44.2 Å². The molecule has 1 aliphatic rings. The van der Waals surface area contributed by atoms with Gasteiger partial charge in [-0.05, 0) is 146 Å². The van der Waals surface area contributed by atoms with Crippen LogP contribution in [0.1, 0.15) is 144 Å². The quantitative estimate of drug-likeness (QED) is 0.00691. The molecule has 0 spiro atoms. The number of carbonyl (C=O) groups excluding carboxylic acids is 7. The zero-order valence-corrected chi connectivity index (χ0v) is 66.5. The molecule has 0 saturated carbocycles. The maximum atomic E-state index is 12.3. The van der Waals surface area contributed by atoms with Crippen molar-refractivity contribution in [1.29, 1.82) is 0 Å². The number of halogens is 6. The van der Waals surface area contributed by atoms with Crippen LogP contribution in [0.15, 0.2) is 151 Å². The van der Waals surface area contributed by atoms with Gasteiger partial charge in [-0.3, -0.25) is 19.1 Å². The van der Waals surface area contributed by atoms with Crippen LogP contribution in [-0.4, -0.2) is 159 Å². The number of alkyl halides is 6. The molecule has 0 bridgehead atoms. The number of esters is 5. The predicted molar refractivity (Wildman–Crippen MR) is 391 cm³/mol. The molecule has 597 valence electrons. The number of aryl methyl sites for hydroxylation is 1. The Morgan fingerprint density at radius 2 is 0.910 bits per heavy atom. The summed E-state index contributed by atoms with van der Waals surface area (Å²) in [5, 5.41) is 38.1. The second-order valence-electron chi connectivity index (χ2n) is 21.5. The summed E-state index contributed by atoms with van der Waals surface area (Å²) in [5.74, 6) is -4.75. The van der Waals surface area contributed by atoms with Crippen LogP contribution >= 0.6 is 0 Å². The minimum Gasteiger partial charge on any atom is -1.00 e. The van der Waals surface area contributed by atoms with Gasteiger partial charge in [0.2, 0.25) is 0 Å². The van der Waals surface area contributed by atoms with Crippen LogP contribution < -0.4 is 37.9 Å². The first-order chi connectivity index (χ1) is 50.9. The van der Waals surface area contributed by atoms with Crippen molar-refractivity contribution in [2.24, 2.45) is 0 Å². The fraction of sp³-hybridized carbons (Fsp3) is 0.260. The zero-order valence-electron chi connectivity index (χ0n) is 63.1. The number of hydrogen-bond donors (Lipinski definition) is 5. The summed E-state index contributed by atoms with van der Waals surface area (Å²) >= 11 is 0. The van der Waals surface area contributed by atoms with Gasteiger partial charge in [0.15, 0.2) is 24.1 Å². The smallest absolute Gasteiger partial charge is 1.00 e. The minimum atomic E-state index is -5.97. The number of rotatable bonds is 16. The van der Waals surface area contributed by atoms with E-state index in [1.165, 1.54) is 71.4 Å². The van der Waals surface area contributed by atoms with E-state index in [0.717, 1.165) is 57.1 Å².